The number of aryl methyl sites for hydroxylation is 2. The molecule has 1 fully saturated rings. The number of nitrogens with two attached hydrogens (primary N) is 1. The molecule has 2 rings (SSSR count). The van der Waals surface area contributed by atoms with Gasteiger partial charge in [0.25, 0.3) is 0 Å². The number of hydrogen-bond acceptors (Lipinski definition) is 4. The summed E-state index contributed by atoms with van der Waals surface area (Å²) in [5, 5.41) is 4.56. The Labute approximate surface area is 115 Å². The van der Waals surface area contributed by atoms with Gasteiger partial charge >= 0.3 is 0 Å². The Bertz CT molecular complexity index is 416. The van der Waals surface area contributed by atoms with Crippen LogP contribution in [0.5, 0.6) is 0 Å². The van der Waals surface area contributed by atoms with E-state index in [1.54, 1.807) is 0 Å². The van der Waals surface area contributed by atoms with Gasteiger partial charge in [-0.2, -0.15) is 5.10 Å². The topological polar surface area (TPSA) is 56.3 Å². The van der Waals surface area contributed by atoms with E-state index in [4.69, 9.17) is 10.5 Å². The molecule has 19 heavy (non-hydrogen) atoms. The molecule has 2 N–H and O–H groups in total. The Hall–Kier alpha value is -0.910. The van der Waals surface area contributed by atoms with Crippen molar-refractivity contribution < 1.29 is 4.74 Å². The Morgan fingerprint density at radius 2 is 2.26 bits per heavy atom. The molecule has 2 unspecified atom stereocenters. The van der Waals surface area contributed by atoms with Crippen molar-refractivity contribution in [3.63, 3.8) is 0 Å². The van der Waals surface area contributed by atoms with Crippen molar-refractivity contribution in [1.29, 1.82) is 0 Å². The molecule has 0 spiro atoms. The number of nitrogens with zero attached hydrogens (tertiary/aromatic N) is 3. The maximum absolute atomic E-state index is 5.91. The molecule has 0 radical (unpaired) electrons. The number of morpholine rings is 1. The fourth-order valence-corrected chi connectivity index (χ4v) is 2.98. The zero-order chi connectivity index (χ0) is 14.0. The van der Waals surface area contributed by atoms with Crippen LogP contribution in [0, 0.1) is 0 Å². The van der Waals surface area contributed by atoms with Crippen molar-refractivity contribution in [1.82, 2.24) is 14.7 Å². The van der Waals surface area contributed by atoms with Gasteiger partial charge in [-0.1, -0.05) is 6.92 Å². The second-order valence-corrected chi connectivity index (χ2v) is 5.48. The first-order valence-electron chi connectivity index (χ1n) is 7.18. The zero-order valence-electron chi connectivity index (χ0n) is 12.5. The highest BCUT2D eigenvalue weighted by molar-refractivity contribution is 5.24. The predicted octanol–water partition coefficient (Wildman–Crippen LogP) is 1.09. The van der Waals surface area contributed by atoms with E-state index in [0.717, 1.165) is 25.3 Å². The third kappa shape index (κ3) is 2.83. The van der Waals surface area contributed by atoms with Crippen LogP contribution in [0.15, 0.2) is 6.20 Å². The van der Waals surface area contributed by atoms with Gasteiger partial charge in [0.15, 0.2) is 0 Å². The van der Waals surface area contributed by atoms with Crippen molar-refractivity contribution in [3.8, 4) is 0 Å². The van der Waals surface area contributed by atoms with Gasteiger partial charge in [-0.05, 0) is 20.3 Å². The van der Waals surface area contributed by atoms with E-state index >= 15 is 0 Å². The average Bonchev–Trinajstić information content (AvgIpc) is 2.78. The SMILES string of the molecule is CCc1nn(C)cc1C1C(CN)OCCN1C(C)C. The van der Waals surface area contributed by atoms with Crippen LogP contribution >= 0.6 is 0 Å². The number of aromatic nitrogens is 2. The maximum atomic E-state index is 5.91. The molecule has 0 aromatic carbocycles. The Balaban J connectivity index is 2.39. The summed E-state index contributed by atoms with van der Waals surface area (Å²) in [7, 11) is 1.98. The first-order chi connectivity index (χ1) is 9.08. The van der Waals surface area contributed by atoms with Crippen LogP contribution < -0.4 is 5.73 Å². The Morgan fingerprint density at radius 3 is 2.84 bits per heavy atom. The van der Waals surface area contributed by atoms with Crippen LogP contribution in [0.25, 0.3) is 0 Å². The quantitative estimate of drug-likeness (QED) is 0.886. The summed E-state index contributed by atoms with van der Waals surface area (Å²) in [5.41, 5.74) is 8.34. The minimum absolute atomic E-state index is 0.0608. The lowest BCUT2D eigenvalue weighted by molar-refractivity contribution is -0.0791. The number of rotatable bonds is 4. The van der Waals surface area contributed by atoms with Gasteiger partial charge in [0.05, 0.1) is 24.4 Å². The molecule has 1 saturated heterocycles. The third-order valence-electron chi connectivity index (χ3n) is 3.88. The highest BCUT2D eigenvalue weighted by Crippen LogP contribution is 2.32. The van der Waals surface area contributed by atoms with E-state index in [1.807, 2.05) is 11.7 Å². The van der Waals surface area contributed by atoms with Crippen molar-refractivity contribution in [3.05, 3.63) is 17.5 Å². The molecule has 0 aliphatic carbocycles. The summed E-state index contributed by atoms with van der Waals surface area (Å²) in [6.45, 7) is 8.87. The molecule has 5 nitrogen and oxygen atoms in total. The average molecular weight is 266 g/mol. The molecule has 0 amide bonds. The van der Waals surface area contributed by atoms with E-state index in [2.05, 4.69) is 37.0 Å². The summed E-state index contributed by atoms with van der Waals surface area (Å²) in [6.07, 6.45) is 3.12. The molecular formula is C14H26N4O. The summed E-state index contributed by atoms with van der Waals surface area (Å²) < 4.78 is 7.78. The van der Waals surface area contributed by atoms with Gasteiger partial charge in [0.1, 0.15) is 0 Å². The van der Waals surface area contributed by atoms with E-state index in [1.165, 1.54) is 5.56 Å². The molecule has 2 heterocycles. The molecule has 2 atom stereocenters. The molecule has 1 aliphatic heterocycles. The normalized spacial score (nSPS) is 25.2. The van der Waals surface area contributed by atoms with E-state index in [9.17, 15) is 0 Å². The molecule has 5 heteroatoms. The molecule has 108 valence electrons. The first-order valence-corrected chi connectivity index (χ1v) is 7.18. The van der Waals surface area contributed by atoms with E-state index in [0.29, 0.717) is 12.6 Å². The predicted molar refractivity (Wildman–Crippen MR) is 76.0 cm³/mol. The smallest absolute Gasteiger partial charge is 0.0895 e. The van der Waals surface area contributed by atoms with Crippen LogP contribution in [-0.2, 0) is 18.2 Å². The van der Waals surface area contributed by atoms with Crippen LogP contribution in [-0.4, -0.2) is 46.5 Å². The summed E-state index contributed by atoms with van der Waals surface area (Å²) in [5.74, 6) is 0. The largest absolute Gasteiger partial charge is 0.374 e. The highest BCUT2D eigenvalue weighted by atomic mass is 16.5. The van der Waals surface area contributed by atoms with Crippen LogP contribution in [0.4, 0.5) is 0 Å². The van der Waals surface area contributed by atoms with Gasteiger partial charge in [0.2, 0.25) is 0 Å². The van der Waals surface area contributed by atoms with Gasteiger partial charge in [0, 0.05) is 37.9 Å². The molecule has 1 aromatic heterocycles. The summed E-state index contributed by atoms with van der Waals surface area (Å²) >= 11 is 0. The minimum Gasteiger partial charge on any atom is -0.374 e. The summed E-state index contributed by atoms with van der Waals surface area (Å²) in [6, 6.07) is 0.704. The van der Waals surface area contributed by atoms with Crippen molar-refractivity contribution in [2.45, 2.75) is 45.4 Å². The highest BCUT2D eigenvalue weighted by Gasteiger charge is 2.36. The van der Waals surface area contributed by atoms with Gasteiger partial charge in [-0.25, -0.2) is 0 Å². The maximum Gasteiger partial charge on any atom is 0.0895 e. The lowest BCUT2D eigenvalue weighted by Crippen LogP contribution is -2.50. The third-order valence-corrected chi connectivity index (χ3v) is 3.88. The van der Waals surface area contributed by atoms with Gasteiger partial charge in [-0.15, -0.1) is 0 Å². The van der Waals surface area contributed by atoms with Crippen LogP contribution in [0.3, 0.4) is 0 Å². The second-order valence-electron chi connectivity index (χ2n) is 5.48. The second kappa shape index (κ2) is 6.03. The zero-order valence-corrected chi connectivity index (χ0v) is 12.5. The first kappa shape index (κ1) is 14.5. The molecule has 0 saturated carbocycles. The summed E-state index contributed by atoms with van der Waals surface area (Å²) in [4.78, 5) is 2.48. The minimum atomic E-state index is 0.0608. The van der Waals surface area contributed by atoms with Crippen LogP contribution in [0.1, 0.15) is 38.1 Å². The van der Waals surface area contributed by atoms with Gasteiger partial charge < -0.3 is 10.5 Å². The standard InChI is InChI=1S/C14H26N4O/c1-5-12-11(9-17(4)16-12)14-13(8-15)19-7-6-18(14)10(2)3/h9-10,13-14H,5-8,15H2,1-4H3. The number of hydrogen-bond donors (Lipinski definition) is 1. The lowest BCUT2D eigenvalue weighted by atomic mass is 9.96. The molecule has 0 bridgehead atoms. The van der Waals surface area contributed by atoms with Crippen molar-refractivity contribution >= 4 is 0 Å². The Kier molecular flexibility index (Phi) is 4.60. The Morgan fingerprint density at radius 1 is 1.53 bits per heavy atom. The fraction of sp³-hybridized carbons (Fsp3) is 0.786. The van der Waals surface area contributed by atoms with Gasteiger partial charge in [-0.3, -0.25) is 9.58 Å². The van der Waals surface area contributed by atoms with E-state index < -0.39 is 0 Å². The fourth-order valence-electron chi connectivity index (χ4n) is 2.98. The lowest BCUT2D eigenvalue weighted by Gasteiger charge is -2.43. The van der Waals surface area contributed by atoms with Crippen LogP contribution in [0.2, 0.25) is 0 Å². The molecular weight excluding hydrogens is 240 g/mol. The van der Waals surface area contributed by atoms with Crippen molar-refractivity contribution in [2.24, 2.45) is 12.8 Å². The molecule has 1 aromatic rings. The van der Waals surface area contributed by atoms with Crippen molar-refractivity contribution in [2.75, 3.05) is 19.7 Å². The molecule has 1 aliphatic rings. The monoisotopic (exact) mass is 266 g/mol. The van der Waals surface area contributed by atoms with E-state index in [-0.39, 0.29) is 12.1 Å². The number of ether oxygens (including phenoxy) is 1.